The average Bonchev–Trinajstić information content (AvgIpc) is 3.32. The van der Waals surface area contributed by atoms with E-state index in [1.54, 1.807) is 0 Å². The first-order chi connectivity index (χ1) is 14.6. The number of nitrogens with two attached hydrogens (primary N) is 1. The fourth-order valence-electron chi connectivity index (χ4n) is 5.31. The van der Waals surface area contributed by atoms with Crippen molar-refractivity contribution in [3.8, 4) is 0 Å². The molecule has 3 unspecified atom stereocenters. The van der Waals surface area contributed by atoms with Gasteiger partial charge in [0.05, 0.1) is 16.7 Å². The van der Waals surface area contributed by atoms with Crippen LogP contribution in [-0.2, 0) is 16.7 Å². The van der Waals surface area contributed by atoms with E-state index in [1.807, 2.05) is 7.11 Å². The topological polar surface area (TPSA) is 38.5 Å². The van der Waals surface area contributed by atoms with Crippen molar-refractivity contribution in [1.82, 2.24) is 5.01 Å². The molecule has 2 aromatic carbocycles. The van der Waals surface area contributed by atoms with Crippen LogP contribution in [0, 0.1) is 11.3 Å². The first-order valence-electron chi connectivity index (χ1n) is 10.9. The van der Waals surface area contributed by atoms with Crippen molar-refractivity contribution in [3.63, 3.8) is 0 Å². The van der Waals surface area contributed by atoms with E-state index in [2.05, 4.69) is 96.1 Å². The third-order valence-electron chi connectivity index (χ3n) is 7.07. The number of piperidine rings is 1. The smallest absolute Gasteiger partial charge is 0.0640 e. The van der Waals surface area contributed by atoms with Gasteiger partial charge >= 0.3 is 0 Å². The average molecular weight is 516 g/mol. The number of hydrogen-bond acceptors (Lipinski definition) is 5. The van der Waals surface area contributed by atoms with Gasteiger partial charge in [-0.15, -0.1) is 48.3 Å². The molecule has 0 aromatic heterocycles. The van der Waals surface area contributed by atoms with Crippen LogP contribution in [0.4, 0.5) is 0 Å². The minimum Gasteiger partial charge on any atom is -0.384 e. The van der Waals surface area contributed by atoms with Crippen molar-refractivity contribution in [1.29, 1.82) is 0 Å². The van der Waals surface area contributed by atoms with Crippen molar-refractivity contribution in [2.75, 3.05) is 31.8 Å². The lowest BCUT2D eigenvalue weighted by atomic mass is 9.68. The van der Waals surface area contributed by atoms with Crippen molar-refractivity contribution >= 4 is 48.3 Å². The lowest BCUT2D eigenvalue weighted by Crippen LogP contribution is -2.60. The van der Waals surface area contributed by atoms with Crippen LogP contribution in [0.1, 0.15) is 30.9 Å². The Bertz CT molecular complexity index is 810. The zero-order chi connectivity index (χ0) is 21.0. The van der Waals surface area contributed by atoms with Gasteiger partial charge < -0.3 is 4.74 Å². The molecule has 0 bridgehead atoms. The SMILES string of the molecule is COCC(C)(C1CCC(Cc2ccccc2)(c2ccccc2)N(N)C1)C1SCCS1.Cl.Cl. The standard InChI is InChI=1S/C25H34N2OS2.2ClH/c1-24(19-28-2,23-29-15-16-30-23)22-13-14-25(27(26)18-22,21-11-7-4-8-12-21)17-20-9-5-3-6-10-20;;/h3-12,22-23H,13-19,26H2,1-2H3;2*1H. The molecule has 0 spiro atoms. The number of hydrazine groups is 1. The van der Waals surface area contributed by atoms with Crippen LogP contribution in [0.5, 0.6) is 0 Å². The fraction of sp³-hybridized carbons (Fsp3) is 0.520. The minimum atomic E-state index is -0.164. The van der Waals surface area contributed by atoms with E-state index in [0.29, 0.717) is 10.5 Å². The summed E-state index contributed by atoms with van der Waals surface area (Å²) in [7, 11) is 1.84. The van der Waals surface area contributed by atoms with E-state index in [9.17, 15) is 0 Å². The highest BCUT2D eigenvalue weighted by Crippen LogP contribution is 2.53. The highest BCUT2D eigenvalue weighted by molar-refractivity contribution is 8.20. The summed E-state index contributed by atoms with van der Waals surface area (Å²) in [4.78, 5) is 0. The van der Waals surface area contributed by atoms with E-state index < -0.39 is 0 Å². The predicted molar refractivity (Wildman–Crippen MR) is 145 cm³/mol. The van der Waals surface area contributed by atoms with Gasteiger partial charge in [-0.25, -0.2) is 5.01 Å². The Hall–Kier alpha value is -0.400. The molecule has 2 heterocycles. The molecule has 2 aliphatic heterocycles. The monoisotopic (exact) mass is 514 g/mol. The van der Waals surface area contributed by atoms with E-state index in [1.165, 1.54) is 29.1 Å². The molecule has 178 valence electrons. The minimum absolute atomic E-state index is 0. The fourth-order valence-corrected chi connectivity index (χ4v) is 8.75. The summed E-state index contributed by atoms with van der Waals surface area (Å²) in [5, 5.41) is 2.17. The van der Waals surface area contributed by atoms with Crippen LogP contribution < -0.4 is 5.84 Å². The lowest BCUT2D eigenvalue weighted by molar-refractivity contribution is -0.0424. The first kappa shape index (κ1) is 27.8. The number of hydrogen-bond donors (Lipinski definition) is 1. The van der Waals surface area contributed by atoms with E-state index >= 15 is 0 Å². The van der Waals surface area contributed by atoms with Crippen LogP contribution in [0.15, 0.2) is 60.7 Å². The van der Waals surface area contributed by atoms with Crippen LogP contribution in [-0.4, -0.2) is 41.4 Å². The third kappa shape index (κ3) is 5.63. The van der Waals surface area contributed by atoms with Gasteiger partial charge in [0, 0.05) is 30.6 Å². The molecule has 3 nitrogen and oxygen atoms in total. The normalized spacial score (nSPS) is 26.0. The molecule has 2 aliphatic rings. The second-order valence-corrected chi connectivity index (χ2v) is 11.7. The zero-order valence-corrected chi connectivity index (χ0v) is 22.2. The largest absolute Gasteiger partial charge is 0.384 e. The van der Waals surface area contributed by atoms with Crippen molar-refractivity contribution in [2.24, 2.45) is 17.2 Å². The molecule has 32 heavy (non-hydrogen) atoms. The van der Waals surface area contributed by atoms with Crippen molar-refractivity contribution in [2.45, 2.75) is 36.3 Å². The lowest BCUT2D eigenvalue weighted by Gasteiger charge is -2.52. The Kier molecular flexibility index (Phi) is 10.7. The molecule has 2 N–H and O–H groups in total. The van der Waals surface area contributed by atoms with Gasteiger partial charge in [-0.05, 0) is 36.3 Å². The molecule has 4 rings (SSSR count). The maximum Gasteiger partial charge on any atom is 0.0640 e. The maximum absolute atomic E-state index is 6.95. The number of nitrogens with zero attached hydrogens (tertiary/aromatic N) is 1. The van der Waals surface area contributed by atoms with Crippen LogP contribution in [0.2, 0.25) is 0 Å². The number of methoxy groups -OCH3 is 1. The van der Waals surface area contributed by atoms with Gasteiger partial charge in [-0.2, -0.15) is 0 Å². The second-order valence-electron chi connectivity index (χ2n) is 8.96. The van der Waals surface area contributed by atoms with Crippen molar-refractivity contribution in [3.05, 3.63) is 71.8 Å². The molecule has 0 saturated carbocycles. The summed E-state index contributed by atoms with van der Waals surface area (Å²) in [6, 6.07) is 21.7. The van der Waals surface area contributed by atoms with Crippen LogP contribution in [0.25, 0.3) is 0 Å². The van der Waals surface area contributed by atoms with Crippen LogP contribution >= 0.6 is 48.3 Å². The Balaban J connectivity index is 0.00000181. The number of thioether (sulfide) groups is 2. The molecule has 7 heteroatoms. The summed E-state index contributed by atoms with van der Waals surface area (Å²) in [6.07, 6.45) is 3.18. The number of halogens is 2. The van der Waals surface area contributed by atoms with Gasteiger partial charge in [0.25, 0.3) is 0 Å². The quantitative estimate of drug-likeness (QED) is 0.457. The molecular formula is C25H36Cl2N2OS2. The first-order valence-corrected chi connectivity index (χ1v) is 13.0. The van der Waals surface area contributed by atoms with E-state index in [0.717, 1.165) is 26.0 Å². The molecule has 2 aromatic rings. The summed E-state index contributed by atoms with van der Waals surface area (Å²) < 4.78 is 6.35. The van der Waals surface area contributed by atoms with Crippen LogP contribution in [0.3, 0.4) is 0 Å². The molecule has 2 saturated heterocycles. The summed E-state index contributed by atoms with van der Waals surface area (Å²) in [6.45, 7) is 4.13. The highest BCUT2D eigenvalue weighted by atomic mass is 35.5. The zero-order valence-electron chi connectivity index (χ0n) is 18.9. The Morgan fingerprint density at radius 1 is 1.03 bits per heavy atom. The molecular weight excluding hydrogens is 479 g/mol. The Morgan fingerprint density at radius 3 is 2.19 bits per heavy atom. The molecule has 0 radical (unpaired) electrons. The number of benzene rings is 2. The summed E-state index contributed by atoms with van der Waals surface area (Å²) in [5.41, 5.74) is 2.64. The Labute approximate surface area is 214 Å². The van der Waals surface area contributed by atoms with E-state index in [-0.39, 0.29) is 35.8 Å². The molecule has 0 aliphatic carbocycles. The van der Waals surface area contributed by atoms with Gasteiger partial charge in [-0.1, -0.05) is 67.6 Å². The predicted octanol–water partition coefficient (Wildman–Crippen LogP) is 6.01. The highest BCUT2D eigenvalue weighted by Gasteiger charge is 2.50. The maximum atomic E-state index is 6.95. The van der Waals surface area contributed by atoms with Gasteiger partial charge in [0.2, 0.25) is 0 Å². The summed E-state index contributed by atoms with van der Waals surface area (Å²) >= 11 is 4.21. The second kappa shape index (κ2) is 12.3. The number of ether oxygens (including phenoxy) is 1. The van der Waals surface area contributed by atoms with Gasteiger partial charge in [0.15, 0.2) is 0 Å². The van der Waals surface area contributed by atoms with Gasteiger partial charge in [-0.3, -0.25) is 5.84 Å². The Morgan fingerprint density at radius 2 is 1.62 bits per heavy atom. The third-order valence-corrected chi connectivity index (χ3v) is 10.7. The summed E-state index contributed by atoms with van der Waals surface area (Å²) in [5.74, 6) is 9.97. The number of rotatable bonds is 7. The molecule has 0 amide bonds. The van der Waals surface area contributed by atoms with Crippen molar-refractivity contribution < 1.29 is 4.74 Å². The van der Waals surface area contributed by atoms with E-state index in [4.69, 9.17) is 10.6 Å². The molecule has 3 atom stereocenters. The molecule has 2 fully saturated rings. The van der Waals surface area contributed by atoms with Gasteiger partial charge in [0.1, 0.15) is 0 Å².